The molecule has 0 aromatic heterocycles. The number of aryl methyl sites for hydroxylation is 1. The van der Waals surface area contributed by atoms with Gasteiger partial charge in [-0.25, -0.2) is 0 Å². The fourth-order valence-corrected chi connectivity index (χ4v) is 4.26. The van der Waals surface area contributed by atoms with Gasteiger partial charge in [-0.05, 0) is 61.6 Å². The number of nitrogens with zero attached hydrogens (tertiary/aromatic N) is 1. The Hall–Kier alpha value is -2.53. The number of carbonyl (C=O) groups is 1. The highest BCUT2D eigenvalue weighted by molar-refractivity contribution is 5.78. The van der Waals surface area contributed by atoms with Crippen LogP contribution in [-0.2, 0) is 11.2 Å². The van der Waals surface area contributed by atoms with Crippen LogP contribution in [0.25, 0.3) is 0 Å². The maximum absolute atomic E-state index is 12.7. The minimum atomic E-state index is 0.00347. The number of fused-ring (bicyclic) bond motifs is 1. The third-order valence-electron chi connectivity index (χ3n) is 5.93. The van der Waals surface area contributed by atoms with Crippen LogP contribution in [-0.4, -0.2) is 37.1 Å². The molecule has 0 spiro atoms. The van der Waals surface area contributed by atoms with Gasteiger partial charge < -0.3 is 14.8 Å². The van der Waals surface area contributed by atoms with Crippen LogP contribution in [0.4, 0.5) is 0 Å². The second-order valence-electron chi connectivity index (χ2n) is 7.92. The Labute approximate surface area is 173 Å². The summed E-state index contributed by atoms with van der Waals surface area (Å²) < 4.78 is 11.4. The van der Waals surface area contributed by atoms with E-state index in [1.165, 1.54) is 11.1 Å². The maximum atomic E-state index is 12.7. The average molecular weight is 395 g/mol. The van der Waals surface area contributed by atoms with Crippen LogP contribution in [0.3, 0.4) is 0 Å². The normalized spacial score (nSPS) is 19.7. The molecule has 4 rings (SSSR count). The number of hydrogen-bond acceptors (Lipinski definition) is 4. The van der Waals surface area contributed by atoms with Gasteiger partial charge in [-0.1, -0.05) is 37.3 Å². The summed E-state index contributed by atoms with van der Waals surface area (Å²) in [7, 11) is 0. The van der Waals surface area contributed by atoms with Gasteiger partial charge >= 0.3 is 0 Å². The second-order valence-corrected chi connectivity index (χ2v) is 7.92. The average Bonchev–Trinajstić information content (AvgIpc) is 3.21. The molecule has 2 aromatic rings. The van der Waals surface area contributed by atoms with Crippen molar-refractivity contribution in [3.63, 3.8) is 0 Å². The molecular weight excluding hydrogens is 364 g/mol. The van der Waals surface area contributed by atoms with Gasteiger partial charge in [0.2, 0.25) is 5.91 Å². The van der Waals surface area contributed by atoms with E-state index in [0.717, 1.165) is 42.9 Å². The predicted octanol–water partition coefficient (Wildman–Crippen LogP) is 4.03. The first kappa shape index (κ1) is 19.8. The van der Waals surface area contributed by atoms with Crippen LogP contribution >= 0.6 is 0 Å². The maximum Gasteiger partial charge on any atom is 0.234 e. The van der Waals surface area contributed by atoms with Crippen molar-refractivity contribution in [1.29, 1.82) is 0 Å². The van der Waals surface area contributed by atoms with Crippen molar-refractivity contribution in [3.8, 4) is 11.5 Å². The van der Waals surface area contributed by atoms with Crippen molar-refractivity contribution in [1.82, 2.24) is 10.2 Å². The summed E-state index contributed by atoms with van der Waals surface area (Å²) in [6.45, 7) is 6.73. The molecule has 2 aromatic carbocycles. The lowest BCUT2D eigenvalue weighted by Gasteiger charge is -2.26. The highest BCUT2D eigenvalue weighted by atomic mass is 16.6. The summed E-state index contributed by atoms with van der Waals surface area (Å²) in [5.41, 5.74) is 3.65. The molecule has 2 aliphatic rings. The highest BCUT2D eigenvalue weighted by Crippen LogP contribution is 2.37. The van der Waals surface area contributed by atoms with Crippen LogP contribution in [0.1, 0.15) is 55.5 Å². The molecule has 0 radical (unpaired) electrons. The smallest absolute Gasteiger partial charge is 0.234 e. The Morgan fingerprint density at radius 3 is 2.66 bits per heavy atom. The van der Waals surface area contributed by atoms with Crippen molar-refractivity contribution >= 4 is 5.91 Å². The molecule has 0 aliphatic carbocycles. The Kier molecular flexibility index (Phi) is 6.05. The summed E-state index contributed by atoms with van der Waals surface area (Å²) in [5, 5.41) is 3.16. The first-order chi connectivity index (χ1) is 14.1. The second kappa shape index (κ2) is 8.87. The zero-order chi connectivity index (χ0) is 20.2. The molecule has 154 valence electrons. The third kappa shape index (κ3) is 4.56. The molecule has 1 amide bonds. The summed E-state index contributed by atoms with van der Waals surface area (Å²) in [6.07, 6.45) is 3.18. The fourth-order valence-electron chi connectivity index (χ4n) is 4.26. The summed E-state index contributed by atoms with van der Waals surface area (Å²) >= 11 is 0. The summed E-state index contributed by atoms with van der Waals surface area (Å²) in [6, 6.07) is 14.9. The standard InChI is InChI=1S/C24H30N2O3/c1-3-18-6-8-19(9-7-18)17(2)25-24(27)16-26-12-4-5-21(26)20-10-11-22-23(15-20)29-14-13-28-22/h6-11,15,17,21H,3-5,12-14,16H2,1-2H3,(H,25,27)/t17-,21+/m0/s1. The topological polar surface area (TPSA) is 50.8 Å². The molecule has 1 N–H and O–H groups in total. The Morgan fingerprint density at radius 2 is 1.90 bits per heavy atom. The lowest BCUT2D eigenvalue weighted by atomic mass is 10.0. The van der Waals surface area contributed by atoms with E-state index in [1.807, 2.05) is 13.0 Å². The van der Waals surface area contributed by atoms with E-state index in [-0.39, 0.29) is 18.0 Å². The van der Waals surface area contributed by atoms with E-state index in [9.17, 15) is 4.79 Å². The summed E-state index contributed by atoms with van der Waals surface area (Å²) in [5.74, 6) is 1.70. The first-order valence-electron chi connectivity index (χ1n) is 10.7. The lowest BCUT2D eigenvalue weighted by Crippen LogP contribution is -2.38. The van der Waals surface area contributed by atoms with Crippen molar-refractivity contribution in [2.45, 2.75) is 45.2 Å². The van der Waals surface area contributed by atoms with Gasteiger partial charge in [0.15, 0.2) is 11.5 Å². The lowest BCUT2D eigenvalue weighted by molar-refractivity contribution is -0.123. The SMILES string of the molecule is CCc1ccc([C@H](C)NC(=O)CN2CCC[C@@H]2c2ccc3c(c2)OCCO3)cc1. The molecule has 1 fully saturated rings. The molecule has 5 nitrogen and oxygen atoms in total. The number of amides is 1. The molecule has 1 saturated heterocycles. The van der Waals surface area contributed by atoms with E-state index in [1.54, 1.807) is 0 Å². The van der Waals surface area contributed by atoms with Gasteiger partial charge in [-0.2, -0.15) is 0 Å². The van der Waals surface area contributed by atoms with Crippen molar-refractivity contribution in [3.05, 3.63) is 59.2 Å². The van der Waals surface area contributed by atoms with E-state index in [4.69, 9.17) is 9.47 Å². The number of hydrogen-bond donors (Lipinski definition) is 1. The Balaban J connectivity index is 1.38. The molecule has 0 bridgehead atoms. The molecule has 0 unspecified atom stereocenters. The van der Waals surface area contributed by atoms with E-state index in [2.05, 4.69) is 53.5 Å². The van der Waals surface area contributed by atoms with Crippen molar-refractivity contribution in [2.24, 2.45) is 0 Å². The van der Waals surface area contributed by atoms with Crippen LogP contribution < -0.4 is 14.8 Å². The van der Waals surface area contributed by atoms with Gasteiger partial charge in [-0.15, -0.1) is 0 Å². The van der Waals surface area contributed by atoms with E-state index >= 15 is 0 Å². The van der Waals surface area contributed by atoms with Gasteiger partial charge in [-0.3, -0.25) is 9.69 Å². The van der Waals surface area contributed by atoms with Crippen LogP contribution in [0.2, 0.25) is 0 Å². The molecular formula is C24H30N2O3. The molecule has 2 heterocycles. The number of likely N-dealkylation sites (tertiary alicyclic amines) is 1. The summed E-state index contributed by atoms with van der Waals surface area (Å²) in [4.78, 5) is 15.0. The fraction of sp³-hybridized carbons (Fsp3) is 0.458. The highest BCUT2D eigenvalue weighted by Gasteiger charge is 2.29. The zero-order valence-electron chi connectivity index (χ0n) is 17.3. The predicted molar refractivity (Wildman–Crippen MR) is 113 cm³/mol. The molecule has 2 atom stereocenters. The van der Waals surface area contributed by atoms with Gasteiger partial charge in [0, 0.05) is 6.04 Å². The Morgan fingerprint density at radius 1 is 1.14 bits per heavy atom. The third-order valence-corrected chi connectivity index (χ3v) is 5.93. The van der Waals surface area contributed by atoms with Crippen LogP contribution in [0.5, 0.6) is 11.5 Å². The Bertz CT molecular complexity index is 850. The first-order valence-corrected chi connectivity index (χ1v) is 10.7. The monoisotopic (exact) mass is 394 g/mol. The minimum absolute atomic E-state index is 0.00347. The largest absolute Gasteiger partial charge is 0.486 e. The zero-order valence-corrected chi connectivity index (χ0v) is 17.3. The number of nitrogens with one attached hydrogen (secondary N) is 1. The van der Waals surface area contributed by atoms with Crippen LogP contribution in [0.15, 0.2) is 42.5 Å². The number of rotatable bonds is 6. The van der Waals surface area contributed by atoms with Gasteiger partial charge in [0.05, 0.1) is 12.6 Å². The van der Waals surface area contributed by atoms with Crippen molar-refractivity contribution < 1.29 is 14.3 Å². The molecule has 29 heavy (non-hydrogen) atoms. The van der Waals surface area contributed by atoms with E-state index in [0.29, 0.717) is 19.8 Å². The van der Waals surface area contributed by atoms with Crippen molar-refractivity contribution in [2.75, 3.05) is 26.3 Å². The molecule has 5 heteroatoms. The minimum Gasteiger partial charge on any atom is -0.486 e. The number of benzene rings is 2. The van der Waals surface area contributed by atoms with Gasteiger partial charge in [0.25, 0.3) is 0 Å². The van der Waals surface area contributed by atoms with Gasteiger partial charge in [0.1, 0.15) is 13.2 Å². The molecule has 2 aliphatic heterocycles. The number of carbonyl (C=O) groups excluding carboxylic acids is 1. The quantitative estimate of drug-likeness (QED) is 0.804. The van der Waals surface area contributed by atoms with Crippen LogP contribution in [0, 0.1) is 0 Å². The van der Waals surface area contributed by atoms with E-state index < -0.39 is 0 Å². The molecule has 0 saturated carbocycles. The number of ether oxygens (including phenoxy) is 2.